The van der Waals surface area contributed by atoms with Gasteiger partial charge in [-0.3, -0.25) is 0 Å². The van der Waals surface area contributed by atoms with Gasteiger partial charge < -0.3 is 4.90 Å². The topological polar surface area (TPSA) is 3.24 Å². The minimum absolute atomic E-state index is 0.0762. The number of benzene rings is 8. The summed E-state index contributed by atoms with van der Waals surface area (Å²) in [4.78, 5) is 2.44. The monoisotopic (exact) mass is 807 g/mol. The van der Waals surface area contributed by atoms with Crippen molar-refractivity contribution < 1.29 is 0 Å². The normalized spacial score (nSPS) is 14.9. The second kappa shape index (κ2) is 16.1. The second-order valence-electron chi connectivity index (χ2n) is 17.5. The Bertz CT molecular complexity index is 3180. The number of rotatable bonds is 8. The maximum absolute atomic E-state index is 2.44. The summed E-state index contributed by atoms with van der Waals surface area (Å²) >= 11 is 0. The highest BCUT2D eigenvalue weighted by Gasteiger charge is 2.37. The van der Waals surface area contributed by atoms with Crippen molar-refractivity contribution in [3.05, 3.63) is 252 Å². The van der Waals surface area contributed by atoms with Gasteiger partial charge in [0, 0.05) is 28.9 Å². The molecule has 63 heavy (non-hydrogen) atoms. The maximum atomic E-state index is 2.44. The molecular formula is C62H49N. The molecule has 3 aliphatic carbocycles. The van der Waals surface area contributed by atoms with E-state index in [1.807, 2.05) is 0 Å². The standard InChI is InChI=1S/C62H49N/c1-62(2)59-28-12-11-25-57(59)61-56(27-15-29-60(61)62)58-42-49(35-41-55(58)46-18-7-4-8-19-46)44-21-13-23-50(36-30-44)63(51-37-31-45(32-38-51)43-16-5-3-6-17-43)52-39-33-48(34-40-52)54-26-14-22-47-20-9-10-24-53(47)54/h3-5,7-16,18-22,24-42H,6,17,23H2,1-2H3. The van der Waals surface area contributed by atoms with Crippen molar-refractivity contribution >= 4 is 33.3 Å². The lowest BCUT2D eigenvalue weighted by molar-refractivity contribution is 0.660. The zero-order chi connectivity index (χ0) is 42.3. The molecule has 0 aliphatic heterocycles. The summed E-state index contributed by atoms with van der Waals surface area (Å²) in [6.07, 6.45) is 18.9. The van der Waals surface area contributed by atoms with Gasteiger partial charge in [-0.25, -0.2) is 0 Å². The summed E-state index contributed by atoms with van der Waals surface area (Å²) in [5, 5.41) is 2.53. The molecule has 0 bridgehead atoms. The molecule has 302 valence electrons. The molecule has 0 spiro atoms. The molecule has 0 amide bonds. The molecule has 0 heterocycles. The third kappa shape index (κ3) is 7.01. The van der Waals surface area contributed by atoms with E-state index in [1.165, 1.54) is 94.4 Å². The number of hydrogen-bond acceptors (Lipinski definition) is 1. The zero-order valence-electron chi connectivity index (χ0n) is 35.9. The third-order valence-electron chi connectivity index (χ3n) is 13.4. The van der Waals surface area contributed by atoms with E-state index in [1.54, 1.807) is 0 Å². The summed E-state index contributed by atoms with van der Waals surface area (Å²) in [5.74, 6) is 0. The van der Waals surface area contributed by atoms with E-state index in [9.17, 15) is 0 Å². The fourth-order valence-electron chi connectivity index (χ4n) is 10.2. The minimum atomic E-state index is -0.0762. The number of anilines is 2. The maximum Gasteiger partial charge on any atom is 0.0458 e. The average Bonchev–Trinajstić information content (AvgIpc) is 3.45. The van der Waals surface area contributed by atoms with Crippen molar-refractivity contribution in [2.75, 3.05) is 4.90 Å². The first kappa shape index (κ1) is 38.4. The summed E-state index contributed by atoms with van der Waals surface area (Å²) in [6.45, 7) is 4.73. The SMILES string of the molecule is CC1(C)c2ccccc2-c2c(-c3cc(C4=CC=C(N(c5ccc(C6=CC=CCC6)cc5)c5ccc(-c6cccc7ccccc67)cc5)CC=C4)ccc3-c3ccccc3)cccc21. The molecule has 0 saturated heterocycles. The van der Waals surface area contributed by atoms with Crippen molar-refractivity contribution in [3.8, 4) is 44.5 Å². The van der Waals surface area contributed by atoms with Crippen LogP contribution in [-0.4, -0.2) is 0 Å². The first-order valence-corrected chi connectivity index (χ1v) is 22.4. The lowest BCUT2D eigenvalue weighted by atomic mass is 9.81. The van der Waals surface area contributed by atoms with Crippen LogP contribution in [0.15, 0.2) is 230 Å². The molecule has 0 atom stereocenters. The lowest BCUT2D eigenvalue weighted by Gasteiger charge is -2.28. The second-order valence-corrected chi connectivity index (χ2v) is 17.5. The van der Waals surface area contributed by atoms with Crippen molar-refractivity contribution in [3.63, 3.8) is 0 Å². The number of nitrogens with zero attached hydrogens (tertiary/aromatic N) is 1. The van der Waals surface area contributed by atoms with Crippen LogP contribution in [0.5, 0.6) is 0 Å². The van der Waals surface area contributed by atoms with Gasteiger partial charge in [0.25, 0.3) is 0 Å². The van der Waals surface area contributed by atoms with E-state index in [0.717, 1.165) is 30.6 Å². The fourth-order valence-corrected chi connectivity index (χ4v) is 10.2. The van der Waals surface area contributed by atoms with E-state index in [2.05, 4.69) is 243 Å². The Balaban J connectivity index is 1.01. The van der Waals surface area contributed by atoms with E-state index in [0.29, 0.717) is 0 Å². The average molecular weight is 808 g/mol. The van der Waals surface area contributed by atoms with E-state index in [-0.39, 0.29) is 5.41 Å². The molecule has 8 aromatic carbocycles. The van der Waals surface area contributed by atoms with Crippen LogP contribution < -0.4 is 4.90 Å². The quantitative estimate of drug-likeness (QED) is 0.148. The van der Waals surface area contributed by atoms with E-state index < -0.39 is 0 Å². The van der Waals surface area contributed by atoms with Crippen LogP contribution in [0.1, 0.15) is 55.4 Å². The molecule has 0 radical (unpaired) electrons. The van der Waals surface area contributed by atoms with Crippen molar-refractivity contribution in [2.45, 2.75) is 38.5 Å². The summed E-state index contributed by atoms with van der Waals surface area (Å²) in [7, 11) is 0. The van der Waals surface area contributed by atoms with Gasteiger partial charge in [0.15, 0.2) is 0 Å². The zero-order valence-corrected chi connectivity index (χ0v) is 35.9. The van der Waals surface area contributed by atoms with E-state index in [4.69, 9.17) is 0 Å². The van der Waals surface area contributed by atoms with Crippen molar-refractivity contribution in [1.82, 2.24) is 0 Å². The fraction of sp³-hybridized carbons (Fsp3) is 0.0968. The summed E-state index contributed by atoms with van der Waals surface area (Å²) < 4.78 is 0. The van der Waals surface area contributed by atoms with Gasteiger partial charge in [-0.15, -0.1) is 0 Å². The van der Waals surface area contributed by atoms with Crippen LogP contribution in [0.2, 0.25) is 0 Å². The van der Waals surface area contributed by atoms with Gasteiger partial charge in [0.05, 0.1) is 0 Å². The van der Waals surface area contributed by atoms with Crippen LogP contribution in [-0.2, 0) is 5.41 Å². The van der Waals surface area contributed by atoms with Crippen LogP contribution in [0.4, 0.5) is 11.4 Å². The van der Waals surface area contributed by atoms with Crippen molar-refractivity contribution in [1.29, 1.82) is 0 Å². The third-order valence-corrected chi connectivity index (χ3v) is 13.4. The van der Waals surface area contributed by atoms with Gasteiger partial charge in [-0.05, 0) is 138 Å². The lowest BCUT2D eigenvalue weighted by Crippen LogP contribution is -2.16. The molecule has 0 aromatic heterocycles. The van der Waals surface area contributed by atoms with Gasteiger partial charge in [0.1, 0.15) is 0 Å². The smallest absolute Gasteiger partial charge is 0.0458 e. The first-order valence-electron chi connectivity index (χ1n) is 22.4. The largest absolute Gasteiger partial charge is 0.314 e. The highest BCUT2D eigenvalue weighted by Crippen LogP contribution is 2.53. The highest BCUT2D eigenvalue weighted by atomic mass is 15.1. The van der Waals surface area contributed by atoms with Crippen molar-refractivity contribution in [2.24, 2.45) is 0 Å². The Hall–Kier alpha value is -7.48. The first-order chi connectivity index (χ1) is 31.0. The Kier molecular flexibility index (Phi) is 9.82. The van der Waals surface area contributed by atoms with Gasteiger partial charge in [0.2, 0.25) is 0 Å². The summed E-state index contributed by atoms with van der Waals surface area (Å²) in [6, 6.07) is 67.3. The molecule has 0 saturated carbocycles. The Morgan fingerprint density at radius 1 is 0.460 bits per heavy atom. The van der Waals surface area contributed by atoms with Crippen LogP contribution in [0, 0.1) is 0 Å². The molecule has 8 aromatic rings. The Labute approximate surface area is 372 Å². The Morgan fingerprint density at radius 2 is 1.11 bits per heavy atom. The van der Waals surface area contributed by atoms with Crippen LogP contribution in [0.25, 0.3) is 66.4 Å². The van der Waals surface area contributed by atoms with Crippen LogP contribution >= 0.6 is 0 Å². The minimum Gasteiger partial charge on any atom is -0.314 e. The highest BCUT2D eigenvalue weighted by molar-refractivity contribution is 5.99. The van der Waals surface area contributed by atoms with Gasteiger partial charge in [-0.1, -0.05) is 202 Å². The molecule has 1 heteroatoms. The van der Waals surface area contributed by atoms with Crippen LogP contribution in [0.3, 0.4) is 0 Å². The number of allylic oxidation sites excluding steroid dienone is 9. The number of hydrogen-bond donors (Lipinski definition) is 0. The van der Waals surface area contributed by atoms with Gasteiger partial charge >= 0.3 is 0 Å². The molecule has 3 aliphatic rings. The predicted molar refractivity (Wildman–Crippen MR) is 269 cm³/mol. The molecule has 11 rings (SSSR count). The van der Waals surface area contributed by atoms with Gasteiger partial charge in [-0.2, -0.15) is 0 Å². The molecular weight excluding hydrogens is 759 g/mol. The summed E-state index contributed by atoms with van der Waals surface area (Å²) in [5.41, 5.74) is 21.4. The molecule has 0 N–H and O–H groups in total. The molecule has 0 fully saturated rings. The molecule has 0 unspecified atom stereocenters. The predicted octanol–water partition coefficient (Wildman–Crippen LogP) is 16.9. The Morgan fingerprint density at radius 3 is 1.92 bits per heavy atom. The van der Waals surface area contributed by atoms with E-state index >= 15 is 0 Å². The molecule has 1 nitrogen and oxygen atoms in total. The number of fused-ring (bicyclic) bond motifs is 4.